The van der Waals surface area contributed by atoms with Gasteiger partial charge in [-0.1, -0.05) is 6.92 Å². The summed E-state index contributed by atoms with van der Waals surface area (Å²) in [5.41, 5.74) is 9.39. The van der Waals surface area contributed by atoms with E-state index < -0.39 is 11.5 Å². The van der Waals surface area contributed by atoms with Crippen LogP contribution >= 0.6 is 0 Å². The van der Waals surface area contributed by atoms with Gasteiger partial charge in [0.05, 0.1) is 12.1 Å². The van der Waals surface area contributed by atoms with Gasteiger partial charge in [0.1, 0.15) is 5.60 Å². The largest absolute Gasteiger partial charge is 0.460 e. The zero-order valence-corrected chi connectivity index (χ0v) is 28.1. The van der Waals surface area contributed by atoms with E-state index in [1.165, 1.54) is 37.2 Å². The number of amides is 1. The Hall–Kier alpha value is -3.44. The van der Waals surface area contributed by atoms with Crippen molar-refractivity contribution >= 4 is 34.9 Å². The summed E-state index contributed by atoms with van der Waals surface area (Å²) < 4.78 is 5.55. The summed E-state index contributed by atoms with van der Waals surface area (Å²) in [6.07, 6.45) is 4.20. The lowest BCUT2D eigenvalue weighted by Gasteiger charge is -2.43. The van der Waals surface area contributed by atoms with Gasteiger partial charge in [-0.15, -0.1) is 0 Å². The van der Waals surface area contributed by atoms with Gasteiger partial charge in [-0.25, -0.2) is 9.97 Å². The number of hydrogen-bond acceptors (Lipinski definition) is 10. The number of carbonyl (C=O) groups is 2. The smallest absolute Gasteiger partial charge is 0.306 e. The van der Waals surface area contributed by atoms with Gasteiger partial charge in [-0.3, -0.25) is 14.5 Å². The normalized spacial score (nSPS) is 20.4. The van der Waals surface area contributed by atoms with Gasteiger partial charge in [0.15, 0.2) is 17.3 Å². The number of esters is 1. The Bertz CT molecular complexity index is 1360. The first-order valence-electron chi connectivity index (χ1n) is 16.6. The molecule has 1 amide bonds. The van der Waals surface area contributed by atoms with Crippen LogP contribution in [0.3, 0.4) is 0 Å². The first-order chi connectivity index (χ1) is 21.4. The number of ether oxygens (including phenoxy) is 1. The number of piperazine rings is 1. The molecule has 0 bridgehead atoms. The molecule has 45 heavy (non-hydrogen) atoms. The van der Waals surface area contributed by atoms with Crippen molar-refractivity contribution in [3.8, 4) is 0 Å². The van der Waals surface area contributed by atoms with Crippen molar-refractivity contribution in [3.05, 3.63) is 35.2 Å². The number of benzene rings is 1. The van der Waals surface area contributed by atoms with Gasteiger partial charge in [-0.05, 0) is 90.1 Å². The van der Waals surface area contributed by atoms with Crippen molar-refractivity contribution in [2.24, 2.45) is 11.7 Å². The summed E-state index contributed by atoms with van der Waals surface area (Å²) >= 11 is 0. The molecule has 0 saturated carbocycles. The molecule has 0 unspecified atom stereocenters. The summed E-state index contributed by atoms with van der Waals surface area (Å²) in [6, 6.07) is 6.98. The first-order valence-corrected chi connectivity index (χ1v) is 16.6. The molecule has 0 spiro atoms. The molecule has 5 rings (SSSR count). The lowest BCUT2D eigenvalue weighted by molar-refractivity contribution is -0.155. The molecule has 246 valence electrons. The molecule has 3 aliphatic heterocycles. The zero-order chi connectivity index (χ0) is 32.3. The summed E-state index contributed by atoms with van der Waals surface area (Å²) in [5.74, 6) is 0.451. The van der Waals surface area contributed by atoms with Crippen LogP contribution in [0.2, 0.25) is 0 Å². The number of nitrogens with one attached hydrogen (secondary N) is 1. The second-order valence-electron chi connectivity index (χ2n) is 14.0. The lowest BCUT2D eigenvalue weighted by atomic mass is 10.0. The molecular weight excluding hydrogens is 568 g/mol. The Morgan fingerprint density at radius 2 is 1.69 bits per heavy atom. The molecule has 3 N–H and O–H groups in total. The molecule has 4 heterocycles. The number of aromatic nitrogens is 2. The second kappa shape index (κ2) is 13.9. The number of primary amides is 1. The van der Waals surface area contributed by atoms with Crippen LogP contribution in [0.5, 0.6) is 0 Å². The first kappa shape index (κ1) is 32.9. The van der Waals surface area contributed by atoms with E-state index in [4.69, 9.17) is 15.5 Å². The summed E-state index contributed by atoms with van der Waals surface area (Å²) in [5, 5.41) is 3.36. The third-order valence-corrected chi connectivity index (χ3v) is 9.29. The van der Waals surface area contributed by atoms with Gasteiger partial charge in [0, 0.05) is 69.8 Å². The van der Waals surface area contributed by atoms with E-state index in [0.717, 1.165) is 56.3 Å². The maximum absolute atomic E-state index is 12.5. The maximum atomic E-state index is 12.5. The fourth-order valence-electron chi connectivity index (χ4n) is 6.90. The number of hydrogen-bond donors (Lipinski definition) is 2. The number of piperidine rings is 1. The van der Waals surface area contributed by atoms with Crippen molar-refractivity contribution in [1.82, 2.24) is 19.8 Å². The molecule has 3 fully saturated rings. The van der Waals surface area contributed by atoms with Crippen LogP contribution in [0.1, 0.15) is 75.1 Å². The summed E-state index contributed by atoms with van der Waals surface area (Å²) in [4.78, 5) is 44.3. The van der Waals surface area contributed by atoms with Crippen LogP contribution in [-0.4, -0.2) is 103 Å². The van der Waals surface area contributed by atoms with Crippen LogP contribution in [0, 0.1) is 12.8 Å². The van der Waals surface area contributed by atoms with Crippen molar-refractivity contribution in [2.45, 2.75) is 78.4 Å². The van der Waals surface area contributed by atoms with Crippen molar-refractivity contribution in [2.75, 3.05) is 74.5 Å². The third kappa shape index (κ3) is 8.24. The van der Waals surface area contributed by atoms with Crippen LogP contribution in [-0.2, 0) is 16.0 Å². The highest BCUT2D eigenvalue weighted by atomic mass is 16.6. The Labute approximate surface area is 268 Å². The summed E-state index contributed by atoms with van der Waals surface area (Å²) in [7, 11) is 2.21. The molecular formula is C34H52N8O3. The molecule has 0 aliphatic carbocycles. The van der Waals surface area contributed by atoms with Crippen LogP contribution in [0.15, 0.2) is 18.2 Å². The monoisotopic (exact) mass is 620 g/mol. The highest BCUT2D eigenvalue weighted by Crippen LogP contribution is 2.32. The van der Waals surface area contributed by atoms with Crippen molar-refractivity contribution < 1.29 is 14.3 Å². The summed E-state index contributed by atoms with van der Waals surface area (Å²) in [6.45, 7) is 18.0. The van der Waals surface area contributed by atoms with Gasteiger partial charge in [0.25, 0.3) is 5.91 Å². The van der Waals surface area contributed by atoms with E-state index in [1.807, 2.05) is 33.8 Å². The standard InChI is InChI=1S/C34H52N8O3/c1-7-27-33(42-13-10-24(22-42)21-29(43)45-34(3,4)5)38-32(30(37-27)31(35)44)36-25-8-9-28(23(2)20-25)41-14-11-26(12-15-41)40-18-16-39(6)17-19-40/h8-9,20,24,26H,7,10-19,21-22H2,1-6H3,(H2,35,44)(H,36,38)/t24-/m0/s1. The van der Waals surface area contributed by atoms with E-state index in [0.29, 0.717) is 31.2 Å². The van der Waals surface area contributed by atoms with Gasteiger partial charge < -0.3 is 30.5 Å². The number of nitrogens with two attached hydrogens (primary N) is 1. The average Bonchev–Trinajstić information content (AvgIpc) is 3.44. The highest BCUT2D eigenvalue weighted by molar-refractivity contribution is 5.96. The molecule has 11 nitrogen and oxygen atoms in total. The fourth-order valence-corrected chi connectivity index (χ4v) is 6.90. The van der Waals surface area contributed by atoms with Crippen molar-refractivity contribution in [1.29, 1.82) is 0 Å². The minimum Gasteiger partial charge on any atom is -0.460 e. The topological polar surface area (TPSA) is 120 Å². The lowest BCUT2D eigenvalue weighted by Crippen LogP contribution is -2.52. The molecule has 1 aromatic heterocycles. The van der Waals surface area contributed by atoms with E-state index in [2.05, 4.69) is 56.0 Å². The minimum atomic E-state index is -0.618. The second-order valence-corrected chi connectivity index (χ2v) is 14.0. The zero-order valence-electron chi connectivity index (χ0n) is 28.1. The quantitative estimate of drug-likeness (QED) is 0.399. The number of carbonyl (C=O) groups excluding carboxylic acids is 2. The minimum absolute atomic E-state index is 0.132. The van der Waals surface area contributed by atoms with Crippen LogP contribution in [0.25, 0.3) is 0 Å². The Morgan fingerprint density at radius 1 is 1.00 bits per heavy atom. The fraction of sp³-hybridized carbons (Fsp3) is 0.647. The van der Waals surface area contributed by atoms with E-state index >= 15 is 0 Å². The predicted molar refractivity (Wildman–Crippen MR) is 179 cm³/mol. The van der Waals surface area contributed by atoms with Crippen LogP contribution < -0.4 is 20.9 Å². The Morgan fingerprint density at radius 3 is 2.31 bits per heavy atom. The average molecular weight is 621 g/mol. The third-order valence-electron chi connectivity index (χ3n) is 9.29. The number of nitrogens with zero attached hydrogens (tertiary/aromatic N) is 6. The molecule has 3 aliphatic rings. The predicted octanol–water partition coefficient (Wildman–Crippen LogP) is 3.96. The van der Waals surface area contributed by atoms with Crippen LogP contribution in [0.4, 0.5) is 23.0 Å². The van der Waals surface area contributed by atoms with Gasteiger partial charge in [0.2, 0.25) is 0 Å². The molecule has 1 atom stereocenters. The number of aryl methyl sites for hydroxylation is 2. The van der Waals surface area contributed by atoms with E-state index in [1.54, 1.807) is 0 Å². The number of likely N-dealkylation sites (N-methyl/N-ethyl adjacent to an activating group) is 1. The molecule has 2 aromatic rings. The molecule has 11 heteroatoms. The molecule has 3 saturated heterocycles. The number of anilines is 4. The molecule has 1 aromatic carbocycles. The number of rotatable bonds is 9. The Balaban J connectivity index is 1.27. The Kier molecular flexibility index (Phi) is 10.2. The van der Waals surface area contributed by atoms with Gasteiger partial charge >= 0.3 is 5.97 Å². The molecule has 0 radical (unpaired) electrons. The van der Waals surface area contributed by atoms with E-state index in [-0.39, 0.29) is 17.6 Å². The maximum Gasteiger partial charge on any atom is 0.306 e. The van der Waals surface area contributed by atoms with Gasteiger partial charge in [-0.2, -0.15) is 0 Å². The van der Waals surface area contributed by atoms with Crippen molar-refractivity contribution in [3.63, 3.8) is 0 Å². The highest BCUT2D eigenvalue weighted by Gasteiger charge is 2.31. The van der Waals surface area contributed by atoms with E-state index in [9.17, 15) is 9.59 Å². The SMILES string of the molecule is CCc1nc(C(N)=O)c(Nc2ccc(N3CCC(N4CCN(C)CC4)CC3)c(C)c2)nc1N1CC[C@@H](CC(=O)OC(C)(C)C)C1.